The summed E-state index contributed by atoms with van der Waals surface area (Å²) in [5.74, 6) is 0.913. The number of imidazole rings is 1. The first kappa shape index (κ1) is 17.7. The van der Waals surface area contributed by atoms with Crippen LogP contribution in [0, 0.1) is 20.8 Å². The Balaban J connectivity index is 1.77. The van der Waals surface area contributed by atoms with Crippen molar-refractivity contribution in [3.63, 3.8) is 0 Å². The summed E-state index contributed by atoms with van der Waals surface area (Å²) in [5.41, 5.74) is 7.20. The van der Waals surface area contributed by atoms with Crippen molar-refractivity contribution in [2.75, 3.05) is 0 Å². The lowest BCUT2D eigenvalue weighted by atomic mass is 10.1. The summed E-state index contributed by atoms with van der Waals surface area (Å²) in [6.07, 6.45) is 1.56. The van der Waals surface area contributed by atoms with Gasteiger partial charge in [0, 0.05) is 12.1 Å². The SMILES string of the molecule is CCn1c(C)nc2cc(C(=O)N/N=C/c3cc(C)c(O)c(C)c3)ccc21. The summed E-state index contributed by atoms with van der Waals surface area (Å²) in [6.45, 7) is 8.50. The van der Waals surface area contributed by atoms with E-state index in [-0.39, 0.29) is 11.7 Å². The Bertz CT molecular complexity index is 995. The van der Waals surface area contributed by atoms with E-state index in [1.165, 1.54) is 0 Å². The number of hydrogen-bond acceptors (Lipinski definition) is 4. The molecule has 6 heteroatoms. The van der Waals surface area contributed by atoms with Gasteiger partial charge in [-0.25, -0.2) is 10.4 Å². The highest BCUT2D eigenvalue weighted by Gasteiger charge is 2.10. The van der Waals surface area contributed by atoms with Gasteiger partial charge in [0.1, 0.15) is 11.6 Å². The minimum absolute atomic E-state index is 0.279. The summed E-state index contributed by atoms with van der Waals surface area (Å²) >= 11 is 0. The van der Waals surface area contributed by atoms with Crippen molar-refractivity contribution < 1.29 is 9.90 Å². The number of aryl methyl sites for hydroxylation is 4. The molecule has 2 aromatic carbocycles. The topological polar surface area (TPSA) is 79.5 Å². The van der Waals surface area contributed by atoms with E-state index in [1.54, 1.807) is 18.3 Å². The number of aromatic hydroxyl groups is 1. The van der Waals surface area contributed by atoms with Gasteiger partial charge in [0.25, 0.3) is 5.91 Å². The molecule has 26 heavy (non-hydrogen) atoms. The van der Waals surface area contributed by atoms with Crippen LogP contribution in [0.15, 0.2) is 35.4 Å². The number of nitrogens with one attached hydrogen (secondary N) is 1. The molecule has 0 saturated heterocycles. The van der Waals surface area contributed by atoms with Crippen molar-refractivity contribution in [2.24, 2.45) is 5.10 Å². The minimum Gasteiger partial charge on any atom is -0.507 e. The number of amides is 1. The molecule has 0 aliphatic heterocycles. The second-order valence-corrected chi connectivity index (χ2v) is 6.31. The zero-order valence-electron chi connectivity index (χ0n) is 15.4. The van der Waals surface area contributed by atoms with Crippen LogP contribution in [-0.4, -0.2) is 26.8 Å². The van der Waals surface area contributed by atoms with Gasteiger partial charge in [0.05, 0.1) is 17.2 Å². The smallest absolute Gasteiger partial charge is 0.271 e. The average molecular weight is 350 g/mol. The van der Waals surface area contributed by atoms with E-state index in [0.717, 1.165) is 40.1 Å². The molecule has 134 valence electrons. The van der Waals surface area contributed by atoms with E-state index >= 15 is 0 Å². The van der Waals surface area contributed by atoms with E-state index < -0.39 is 0 Å². The third-order valence-electron chi connectivity index (χ3n) is 4.41. The van der Waals surface area contributed by atoms with E-state index in [4.69, 9.17) is 0 Å². The molecule has 0 spiro atoms. The van der Waals surface area contributed by atoms with Crippen LogP contribution in [0.2, 0.25) is 0 Å². The standard InChI is InChI=1S/C20H22N4O2/c1-5-24-14(4)22-17-10-16(6-7-18(17)24)20(26)23-21-11-15-8-12(2)19(25)13(3)9-15/h6-11,25H,5H2,1-4H3,(H,23,26)/b21-11+. The second-order valence-electron chi connectivity index (χ2n) is 6.31. The first-order valence-electron chi connectivity index (χ1n) is 8.51. The van der Waals surface area contributed by atoms with Crippen LogP contribution in [0.4, 0.5) is 0 Å². The van der Waals surface area contributed by atoms with Crippen molar-refractivity contribution >= 4 is 23.2 Å². The number of nitrogens with zero attached hydrogens (tertiary/aromatic N) is 3. The Morgan fingerprint density at radius 2 is 1.92 bits per heavy atom. The van der Waals surface area contributed by atoms with Gasteiger partial charge >= 0.3 is 0 Å². The number of rotatable bonds is 4. The van der Waals surface area contributed by atoms with Crippen molar-refractivity contribution in [3.05, 3.63) is 58.4 Å². The molecule has 1 heterocycles. The highest BCUT2D eigenvalue weighted by molar-refractivity contribution is 5.98. The lowest BCUT2D eigenvalue weighted by Crippen LogP contribution is -2.17. The summed E-state index contributed by atoms with van der Waals surface area (Å²) in [6, 6.07) is 9.07. The number of phenolic OH excluding ortho intramolecular Hbond substituents is 1. The molecule has 1 amide bonds. The molecule has 0 aliphatic rings. The van der Waals surface area contributed by atoms with E-state index in [9.17, 15) is 9.90 Å². The summed E-state index contributed by atoms with van der Waals surface area (Å²) in [7, 11) is 0. The Labute approximate surface area is 152 Å². The van der Waals surface area contributed by atoms with Crippen LogP contribution in [0.3, 0.4) is 0 Å². The average Bonchev–Trinajstić information content (AvgIpc) is 2.93. The number of carbonyl (C=O) groups is 1. The number of hydrogen-bond donors (Lipinski definition) is 2. The summed E-state index contributed by atoms with van der Waals surface area (Å²) in [5, 5.41) is 13.8. The van der Waals surface area contributed by atoms with E-state index in [0.29, 0.717) is 5.56 Å². The zero-order valence-corrected chi connectivity index (χ0v) is 15.4. The number of benzene rings is 2. The van der Waals surface area contributed by atoms with Crippen molar-refractivity contribution in [3.8, 4) is 5.75 Å². The maximum atomic E-state index is 12.3. The van der Waals surface area contributed by atoms with Gasteiger partial charge in [-0.05, 0) is 74.7 Å². The first-order valence-corrected chi connectivity index (χ1v) is 8.51. The van der Waals surface area contributed by atoms with Crippen LogP contribution in [-0.2, 0) is 6.54 Å². The number of aromatic nitrogens is 2. The predicted octanol–water partition coefficient (Wildman–Crippen LogP) is 3.45. The molecule has 0 bridgehead atoms. The van der Waals surface area contributed by atoms with Gasteiger partial charge in [0.2, 0.25) is 0 Å². The zero-order chi connectivity index (χ0) is 18.8. The lowest BCUT2D eigenvalue weighted by Gasteiger charge is -2.05. The third kappa shape index (κ3) is 3.31. The van der Waals surface area contributed by atoms with E-state index in [2.05, 4.69) is 27.0 Å². The molecule has 0 atom stereocenters. The van der Waals surface area contributed by atoms with Crippen molar-refractivity contribution in [1.29, 1.82) is 0 Å². The van der Waals surface area contributed by atoms with Crippen LogP contribution in [0.25, 0.3) is 11.0 Å². The molecular weight excluding hydrogens is 328 g/mol. The van der Waals surface area contributed by atoms with Gasteiger partial charge in [-0.2, -0.15) is 5.10 Å². The molecule has 3 rings (SSSR count). The molecule has 0 fully saturated rings. The Morgan fingerprint density at radius 1 is 1.23 bits per heavy atom. The molecule has 6 nitrogen and oxygen atoms in total. The molecule has 1 aromatic heterocycles. The highest BCUT2D eigenvalue weighted by Crippen LogP contribution is 2.22. The fourth-order valence-corrected chi connectivity index (χ4v) is 3.08. The third-order valence-corrected chi connectivity index (χ3v) is 4.41. The maximum absolute atomic E-state index is 12.3. The van der Waals surface area contributed by atoms with Crippen molar-refractivity contribution in [1.82, 2.24) is 15.0 Å². The van der Waals surface area contributed by atoms with Gasteiger partial charge in [0.15, 0.2) is 0 Å². The van der Waals surface area contributed by atoms with Gasteiger partial charge in [-0.1, -0.05) is 0 Å². The number of hydrazone groups is 1. The number of fused-ring (bicyclic) bond motifs is 1. The Morgan fingerprint density at radius 3 is 2.58 bits per heavy atom. The van der Waals surface area contributed by atoms with E-state index in [1.807, 2.05) is 39.0 Å². The Hall–Kier alpha value is -3.15. The molecule has 0 radical (unpaired) electrons. The molecule has 0 aliphatic carbocycles. The van der Waals surface area contributed by atoms with Crippen LogP contribution < -0.4 is 5.43 Å². The fourth-order valence-electron chi connectivity index (χ4n) is 3.08. The van der Waals surface area contributed by atoms with Crippen molar-refractivity contribution in [2.45, 2.75) is 34.2 Å². The largest absolute Gasteiger partial charge is 0.507 e. The number of phenols is 1. The quantitative estimate of drug-likeness (QED) is 0.559. The van der Waals surface area contributed by atoms with Crippen LogP contribution >= 0.6 is 0 Å². The van der Waals surface area contributed by atoms with Gasteiger partial charge < -0.3 is 9.67 Å². The lowest BCUT2D eigenvalue weighted by molar-refractivity contribution is 0.0955. The maximum Gasteiger partial charge on any atom is 0.271 e. The summed E-state index contributed by atoms with van der Waals surface area (Å²) < 4.78 is 2.10. The Kier molecular flexibility index (Phi) is 4.75. The normalized spacial score (nSPS) is 11.4. The first-order chi connectivity index (χ1) is 12.4. The monoisotopic (exact) mass is 350 g/mol. The predicted molar refractivity (Wildman–Crippen MR) is 103 cm³/mol. The second kappa shape index (κ2) is 7.00. The molecule has 0 saturated carbocycles. The molecule has 0 unspecified atom stereocenters. The van der Waals surface area contributed by atoms with Crippen LogP contribution in [0.5, 0.6) is 5.75 Å². The highest BCUT2D eigenvalue weighted by atomic mass is 16.3. The van der Waals surface area contributed by atoms with Crippen LogP contribution in [0.1, 0.15) is 39.8 Å². The van der Waals surface area contributed by atoms with Gasteiger partial charge in [-0.15, -0.1) is 0 Å². The molecule has 2 N–H and O–H groups in total. The minimum atomic E-state index is -0.293. The number of carbonyl (C=O) groups excluding carboxylic acids is 1. The van der Waals surface area contributed by atoms with Gasteiger partial charge in [-0.3, -0.25) is 4.79 Å². The molecular formula is C20H22N4O2. The molecule has 3 aromatic rings. The fraction of sp³-hybridized carbons (Fsp3) is 0.250. The summed E-state index contributed by atoms with van der Waals surface area (Å²) in [4.78, 5) is 16.8.